The number of rotatable bonds is 3. The molecule has 0 radical (unpaired) electrons. The van der Waals surface area contributed by atoms with Crippen LogP contribution in [0.2, 0.25) is 0 Å². The van der Waals surface area contributed by atoms with Crippen LogP contribution in [0.1, 0.15) is 5.69 Å². The van der Waals surface area contributed by atoms with E-state index in [2.05, 4.69) is 10.2 Å². The fourth-order valence-corrected chi connectivity index (χ4v) is 2.33. The third-order valence-electron chi connectivity index (χ3n) is 3.67. The minimum atomic E-state index is -0.915. The number of para-hydroxylation sites is 1. The summed E-state index contributed by atoms with van der Waals surface area (Å²) in [6.07, 6.45) is 0. The molecule has 2 aromatic heterocycles. The fourth-order valence-electron chi connectivity index (χ4n) is 2.33. The standard InChI is InChI=1S/C15H14N6O4/c1-8-10(18-19-11-12(22)16-15(25)17-13(11)23)14(24)21(20(8)2)9-6-4-3-5-7-9/h3-7H,1-2H3,(H3,16,17,22,23,25). The molecule has 0 atom stereocenters. The van der Waals surface area contributed by atoms with Crippen LogP contribution in [0.25, 0.3) is 5.69 Å². The van der Waals surface area contributed by atoms with E-state index in [-0.39, 0.29) is 5.69 Å². The Bertz CT molecular complexity index is 1130. The molecule has 0 fully saturated rings. The summed E-state index contributed by atoms with van der Waals surface area (Å²) in [6, 6.07) is 8.95. The topological polar surface area (TPSA) is 138 Å². The lowest BCUT2D eigenvalue weighted by Crippen LogP contribution is -2.21. The van der Waals surface area contributed by atoms with Crippen LogP contribution in [0.5, 0.6) is 5.88 Å². The molecule has 1 aromatic carbocycles. The number of hydrogen-bond donors (Lipinski definition) is 3. The maximum Gasteiger partial charge on any atom is 0.328 e. The van der Waals surface area contributed by atoms with Gasteiger partial charge in [-0.2, -0.15) is 0 Å². The van der Waals surface area contributed by atoms with Crippen molar-refractivity contribution in [3.05, 3.63) is 67.2 Å². The van der Waals surface area contributed by atoms with Crippen molar-refractivity contribution in [1.29, 1.82) is 0 Å². The molecule has 3 N–H and O–H groups in total. The van der Waals surface area contributed by atoms with Crippen molar-refractivity contribution in [3.8, 4) is 11.6 Å². The molecule has 0 saturated heterocycles. The third kappa shape index (κ3) is 2.80. The van der Waals surface area contributed by atoms with E-state index in [4.69, 9.17) is 0 Å². The zero-order chi connectivity index (χ0) is 18.1. The van der Waals surface area contributed by atoms with Gasteiger partial charge in [-0.15, -0.1) is 10.2 Å². The molecule has 10 heteroatoms. The molecule has 0 aliphatic carbocycles. The summed E-state index contributed by atoms with van der Waals surface area (Å²) in [6.45, 7) is 1.67. The molecule has 10 nitrogen and oxygen atoms in total. The Hall–Kier alpha value is -3.69. The zero-order valence-corrected chi connectivity index (χ0v) is 13.3. The summed E-state index contributed by atoms with van der Waals surface area (Å²) in [5.41, 5.74) is -1.55. The molecule has 3 aromatic rings. The number of H-pyrrole nitrogens is 2. The second kappa shape index (κ2) is 6.07. The van der Waals surface area contributed by atoms with E-state index < -0.39 is 28.4 Å². The number of aromatic nitrogens is 4. The van der Waals surface area contributed by atoms with Crippen molar-refractivity contribution >= 4 is 11.4 Å². The highest BCUT2D eigenvalue weighted by Crippen LogP contribution is 2.21. The molecule has 2 heterocycles. The summed E-state index contributed by atoms with van der Waals surface area (Å²) in [5.74, 6) is -0.727. The molecule has 3 rings (SSSR count). The van der Waals surface area contributed by atoms with Crippen LogP contribution in [0.3, 0.4) is 0 Å². The van der Waals surface area contributed by atoms with Crippen molar-refractivity contribution in [1.82, 2.24) is 19.3 Å². The maximum absolute atomic E-state index is 12.6. The monoisotopic (exact) mass is 342 g/mol. The second-order valence-electron chi connectivity index (χ2n) is 5.22. The Morgan fingerprint density at radius 2 is 1.64 bits per heavy atom. The van der Waals surface area contributed by atoms with E-state index in [1.807, 2.05) is 16.0 Å². The summed E-state index contributed by atoms with van der Waals surface area (Å²) in [7, 11) is 1.69. The van der Waals surface area contributed by atoms with Gasteiger partial charge in [-0.1, -0.05) is 18.2 Å². The van der Waals surface area contributed by atoms with Crippen LogP contribution in [-0.2, 0) is 7.05 Å². The number of hydrogen-bond acceptors (Lipinski definition) is 6. The SMILES string of the molecule is Cc1c(N=Nc2c(O)[nH]c(=O)[nH]c2=O)c(=O)n(-c2ccccc2)n1C. The van der Waals surface area contributed by atoms with Crippen LogP contribution in [-0.4, -0.2) is 24.4 Å². The number of aromatic amines is 2. The minimum Gasteiger partial charge on any atom is -0.493 e. The number of azo groups is 1. The highest BCUT2D eigenvalue weighted by molar-refractivity contribution is 5.46. The molecule has 0 saturated carbocycles. The Balaban J connectivity index is 2.13. The van der Waals surface area contributed by atoms with E-state index in [0.29, 0.717) is 11.4 Å². The normalized spacial score (nSPS) is 11.3. The van der Waals surface area contributed by atoms with Crippen LogP contribution >= 0.6 is 0 Å². The Morgan fingerprint density at radius 3 is 2.28 bits per heavy atom. The van der Waals surface area contributed by atoms with E-state index >= 15 is 0 Å². The Kier molecular flexibility index (Phi) is 3.93. The second-order valence-corrected chi connectivity index (χ2v) is 5.22. The molecule has 0 spiro atoms. The number of nitrogens with one attached hydrogen (secondary N) is 2. The first-order valence-electron chi connectivity index (χ1n) is 7.21. The highest BCUT2D eigenvalue weighted by Gasteiger charge is 2.16. The van der Waals surface area contributed by atoms with Gasteiger partial charge < -0.3 is 5.11 Å². The van der Waals surface area contributed by atoms with Gasteiger partial charge in [0.2, 0.25) is 11.6 Å². The van der Waals surface area contributed by atoms with E-state index in [9.17, 15) is 19.5 Å². The van der Waals surface area contributed by atoms with Gasteiger partial charge in [0.15, 0.2) is 5.69 Å². The van der Waals surface area contributed by atoms with Crippen molar-refractivity contribution in [2.75, 3.05) is 0 Å². The van der Waals surface area contributed by atoms with E-state index in [1.54, 1.807) is 42.9 Å². The van der Waals surface area contributed by atoms with Crippen molar-refractivity contribution in [3.63, 3.8) is 0 Å². The first-order valence-corrected chi connectivity index (χ1v) is 7.21. The van der Waals surface area contributed by atoms with Crippen LogP contribution in [0.15, 0.2) is 54.9 Å². The van der Waals surface area contributed by atoms with Gasteiger partial charge >= 0.3 is 5.69 Å². The van der Waals surface area contributed by atoms with Gasteiger partial charge in [0, 0.05) is 7.05 Å². The first-order chi connectivity index (χ1) is 11.9. The fraction of sp³-hybridized carbons (Fsp3) is 0.133. The van der Waals surface area contributed by atoms with E-state index in [1.165, 1.54) is 4.68 Å². The lowest BCUT2D eigenvalue weighted by atomic mass is 10.3. The van der Waals surface area contributed by atoms with Crippen molar-refractivity contribution in [2.24, 2.45) is 17.3 Å². The minimum absolute atomic E-state index is 0.0105. The quantitative estimate of drug-likeness (QED) is 0.611. The first kappa shape index (κ1) is 16.2. The smallest absolute Gasteiger partial charge is 0.328 e. The summed E-state index contributed by atoms with van der Waals surface area (Å²) >= 11 is 0. The van der Waals surface area contributed by atoms with Gasteiger partial charge in [0.05, 0.1) is 11.4 Å². The van der Waals surface area contributed by atoms with Crippen LogP contribution < -0.4 is 16.8 Å². The number of benzene rings is 1. The van der Waals surface area contributed by atoms with Crippen molar-refractivity contribution < 1.29 is 5.11 Å². The number of aromatic hydroxyl groups is 1. The van der Waals surface area contributed by atoms with Gasteiger partial charge in [-0.25, -0.2) is 9.48 Å². The predicted molar refractivity (Wildman–Crippen MR) is 89.3 cm³/mol. The van der Waals surface area contributed by atoms with Crippen LogP contribution in [0.4, 0.5) is 11.4 Å². The van der Waals surface area contributed by atoms with Gasteiger partial charge in [0.25, 0.3) is 11.1 Å². The molecule has 25 heavy (non-hydrogen) atoms. The molecule has 0 bridgehead atoms. The Morgan fingerprint density at radius 1 is 1.00 bits per heavy atom. The average Bonchev–Trinajstić information content (AvgIpc) is 2.78. The lowest BCUT2D eigenvalue weighted by Gasteiger charge is -2.07. The lowest BCUT2D eigenvalue weighted by molar-refractivity contribution is 0.450. The average molecular weight is 342 g/mol. The molecular weight excluding hydrogens is 328 g/mol. The Labute approximate surface area is 139 Å². The van der Waals surface area contributed by atoms with Gasteiger partial charge in [-0.05, 0) is 19.1 Å². The third-order valence-corrected chi connectivity index (χ3v) is 3.67. The van der Waals surface area contributed by atoms with Gasteiger partial charge in [0.1, 0.15) is 0 Å². The number of nitrogens with zero attached hydrogens (tertiary/aromatic N) is 4. The summed E-state index contributed by atoms with van der Waals surface area (Å²) in [5, 5.41) is 17.0. The largest absolute Gasteiger partial charge is 0.493 e. The summed E-state index contributed by atoms with van der Waals surface area (Å²) in [4.78, 5) is 39.3. The molecule has 0 aliphatic heterocycles. The van der Waals surface area contributed by atoms with Crippen molar-refractivity contribution in [2.45, 2.75) is 6.92 Å². The molecule has 128 valence electrons. The van der Waals surface area contributed by atoms with Gasteiger partial charge in [-0.3, -0.25) is 24.2 Å². The molecule has 0 amide bonds. The van der Waals surface area contributed by atoms with Crippen LogP contribution in [0, 0.1) is 6.92 Å². The molecular formula is C15H14N6O4. The molecule has 0 unspecified atom stereocenters. The molecule has 0 aliphatic rings. The predicted octanol–water partition coefficient (Wildman–Crippen LogP) is 0.982. The zero-order valence-electron chi connectivity index (χ0n) is 13.3. The summed E-state index contributed by atoms with van der Waals surface area (Å²) < 4.78 is 3.00. The van der Waals surface area contributed by atoms with E-state index in [0.717, 1.165) is 0 Å². The maximum atomic E-state index is 12.6. The highest BCUT2D eigenvalue weighted by atomic mass is 16.3.